The van der Waals surface area contributed by atoms with Crippen molar-refractivity contribution in [1.82, 2.24) is 9.80 Å². The van der Waals surface area contributed by atoms with Gasteiger partial charge in [0.05, 0.1) is 5.69 Å². The van der Waals surface area contributed by atoms with E-state index in [9.17, 15) is 5.11 Å². The van der Waals surface area contributed by atoms with Gasteiger partial charge in [0.25, 0.3) is 0 Å². The Hall–Kier alpha value is -1.26. The van der Waals surface area contributed by atoms with Crippen LogP contribution in [0.5, 0.6) is 5.75 Å². The van der Waals surface area contributed by atoms with Crippen molar-refractivity contribution in [1.29, 1.82) is 0 Å². The SMILES string of the molecule is CCCN(CCN(C)C)Cc1ccc(O)c(N)c1. The molecule has 0 aromatic heterocycles. The minimum Gasteiger partial charge on any atom is -0.506 e. The van der Waals surface area contributed by atoms with Gasteiger partial charge in [0.2, 0.25) is 0 Å². The fraction of sp³-hybridized carbons (Fsp3) is 0.571. The van der Waals surface area contributed by atoms with Crippen LogP contribution in [-0.4, -0.2) is 48.6 Å². The second-order valence-corrected chi connectivity index (χ2v) is 4.97. The van der Waals surface area contributed by atoms with Crippen molar-refractivity contribution in [2.45, 2.75) is 19.9 Å². The van der Waals surface area contributed by atoms with E-state index >= 15 is 0 Å². The number of nitrogens with two attached hydrogens (primary N) is 1. The third-order valence-electron chi connectivity index (χ3n) is 2.90. The molecule has 0 radical (unpaired) electrons. The highest BCUT2D eigenvalue weighted by Crippen LogP contribution is 2.21. The highest BCUT2D eigenvalue weighted by Gasteiger charge is 2.07. The Balaban J connectivity index is 2.61. The molecule has 0 bridgehead atoms. The smallest absolute Gasteiger partial charge is 0.138 e. The minimum absolute atomic E-state index is 0.161. The maximum absolute atomic E-state index is 9.41. The molecule has 1 aromatic rings. The fourth-order valence-electron chi connectivity index (χ4n) is 1.89. The molecule has 4 nitrogen and oxygen atoms in total. The van der Waals surface area contributed by atoms with Crippen molar-refractivity contribution in [2.24, 2.45) is 0 Å². The number of hydrogen-bond acceptors (Lipinski definition) is 4. The number of phenolic OH excluding ortho intramolecular Hbond substituents is 1. The lowest BCUT2D eigenvalue weighted by molar-refractivity contribution is 0.234. The molecule has 0 aliphatic carbocycles. The maximum Gasteiger partial charge on any atom is 0.138 e. The van der Waals surface area contributed by atoms with Crippen LogP contribution in [0.3, 0.4) is 0 Å². The number of benzene rings is 1. The minimum atomic E-state index is 0.161. The number of phenols is 1. The van der Waals surface area contributed by atoms with Crippen LogP contribution in [0.4, 0.5) is 5.69 Å². The Kier molecular flexibility index (Phi) is 5.95. The zero-order valence-electron chi connectivity index (χ0n) is 11.7. The quantitative estimate of drug-likeness (QED) is 0.572. The van der Waals surface area contributed by atoms with Crippen LogP contribution in [0.15, 0.2) is 18.2 Å². The van der Waals surface area contributed by atoms with E-state index in [1.54, 1.807) is 6.07 Å². The summed E-state index contributed by atoms with van der Waals surface area (Å²) in [6, 6.07) is 5.46. The molecule has 4 heteroatoms. The number of nitrogen functional groups attached to an aromatic ring is 1. The number of likely N-dealkylation sites (N-methyl/N-ethyl adjacent to an activating group) is 1. The van der Waals surface area contributed by atoms with Crippen LogP contribution in [0.25, 0.3) is 0 Å². The lowest BCUT2D eigenvalue weighted by Crippen LogP contribution is -2.32. The highest BCUT2D eigenvalue weighted by atomic mass is 16.3. The molecule has 0 saturated carbocycles. The summed E-state index contributed by atoms with van der Waals surface area (Å²) < 4.78 is 0. The van der Waals surface area contributed by atoms with Gasteiger partial charge in [-0.2, -0.15) is 0 Å². The van der Waals surface area contributed by atoms with E-state index in [2.05, 4.69) is 30.8 Å². The number of rotatable bonds is 7. The van der Waals surface area contributed by atoms with Crippen molar-refractivity contribution < 1.29 is 5.11 Å². The first-order valence-electron chi connectivity index (χ1n) is 6.47. The Bertz CT molecular complexity index is 366. The predicted octanol–water partition coefficient (Wildman–Crippen LogP) is 1.75. The molecule has 0 amide bonds. The maximum atomic E-state index is 9.41. The Labute approximate surface area is 110 Å². The molecule has 18 heavy (non-hydrogen) atoms. The van der Waals surface area contributed by atoms with Crippen LogP contribution >= 0.6 is 0 Å². The molecule has 0 spiro atoms. The van der Waals surface area contributed by atoms with Gasteiger partial charge in [0.15, 0.2) is 0 Å². The summed E-state index contributed by atoms with van der Waals surface area (Å²) in [5.74, 6) is 0.161. The summed E-state index contributed by atoms with van der Waals surface area (Å²) in [5.41, 5.74) is 7.32. The summed E-state index contributed by atoms with van der Waals surface area (Å²) in [6.45, 7) is 6.24. The Morgan fingerprint density at radius 1 is 1.17 bits per heavy atom. The van der Waals surface area contributed by atoms with Gasteiger partial charge >= 0.3 is 0 Å². The van der Waals surface area contributed by atoms with Gasteiger partial charge in [-0.1, -0.05) is 13.0 Å². The monoisotopic (exact) mass is 251 g/mol. The highest BCUT2D eigenvalue weighted by molar-refractivity contribution is 5.53. The van der Waals surface area contributed by atoms with Gasteiger partial charge in [0.1, 0.15) is 5.75 Å². The molecule has 0 aliphatic rings. The third-order valence-corrected chi connectivity index (χ3v) is 2.90. The van der Waals surface area contributed by atoms with E-state index in [1.807, 2.05) is 12.1 Å². The number of anilines is 1. The standard InChI is InChI=1S/C14H25N3O/c1-4-7-17(9-8-16(2)3)11-12-5-6-14(18)13(15)10-12/h5-6,10,18H,4,7-9,11,15H2,1-3H3. The van der Waals surface area contributed by atoms with Crippen molar-refractivity contribution in [2.75, 3.05) is 39.5 Å². The predicted molar refractivity (Wildman–Crippen MR) is 76.6 cm³/mol. The molecule has 0 heterocycles. The Morgan fingerprint density at radius 3 is 2.44 bits per heavy atom. The van der Waals surface area contributed by atoms with E-state index in [0.717, 1.165) is 38.2 Å². The first-order valence-corrected chi connectivity index (χ1v) is 6.47. The zero-order valence-corrected chi connectivity index (χ0v) is 11.7. The molecular weight excluding hydrogens is 226 g/mol. The summed E-state index contributed by atoms with van der Waals surface area (Å²) in [5, 5.41) is 9.41. The molecule has 1 rings (SSSR count). The zero-order chi connectivity index (χ0) is 13.5. The normalized spacial score (nSPS) is 11.4. The summed E-state index contributed by atoms with van der Waals surface area (Å²) >= 11 is 0. The molecule has 0 aliphatic heterocycles. The molecular formula is C14H25N3O. The van der Waals surface area contributed by atoms with Crippen molar-refractivity contribution >= 4 is 5.69 Å². The first kappa shape index (κ1) is 14.8. The van der Waals surface area contributed by atoms with Crippen LogP contribution < -0.4 is 5.73 Å². The second-order valence-electron chi connectivity index (χ2n) is 4.97. The molecule has 1 aromatic carbocycles. The van der Waals surface area contributed by atoms with E-state index in [-0.39, 0.29) is 5.75 Å². The van der Waals surface area contributed by atoms with Crippen LogP contribution in [0.2, 0.25) is 0 Å². The topological polar surface area (TPSA) is 52.7 Å². The molecule has 0 atom stereocenters. The van der Waals surface area contributed by atoms with Crippen molar-refractivity contribution in [3.63, 3.8) is 0 Å². The van der Waals surface area contributed by atoms with Crippen molar-refractivity contribution in [3.05, 3.63) is 23.8 Å². The Morgan fingerprint density at radius 2 is 1.89 bits per heavy atom. The number of nitrogens with zero attached hydrogens (tertiary/aromatic N) is 2. The van der Waals surface area contributed by atoms with Gasteiger partial charge in [-0.25, -0.2) is 0 Å². The lowest BCUT2D eigenvalue weighted by atomic mass is 10.1. The van der Waals surface area contributed by atoms with Gasteiger partial charge in [0, 0.05) is 19.6 Å². The summed E-state index contributed by atoms with van der Waals surface area (Å²) in [7, 11) is 4.17. The largest absolute Gasteiger partial charge is 0.506 e. The second kappa shape index (κ2) is 7.24. The van der Waals surface area contributed by atoms with Gasteiger partial charge < -0.3 is 15.7 Å². The van der Waals surface area contributed by atoms with Crippen molar-refractivity contribution in [3.8, 4) is 5.75 Å². The van der Waals surface area contributed by atoms with E-state index in [0.29, 0.717) is 5.69 Å². The molecule has 3 N–H and O–H groups in total. The van der Waals surface area contributed by atoms with Crippen LogP contribution in [-0.2, 0) is 6.54 Å². The lowest BCUT2D eigenvalue weighted by Gasteiger charge is -2.23. The van der Waals surface area contributed by atoms with E-state index < -0.39 is 0 Å². The molecule has 0 fully saturated rings. The molecule has 0 unspecified atom stereocenters. The number of hydrogen-bond donors (Lipinski definition) is 2. The van der Waals surface area contributed by atoms with E-state index in [1.165, 1.54) is 0 Å². The van der Waals surface area contributed by atoms with Gasteiger partial charge in [-0.05, 0) is 44.8 Å². The molecule has 0 saturated heterocycles. The first-order chi connectivity index (χ1) is 8.52. The fourth-order valence-corrected chi connectivity index (χ4v) is 1.89. The van der Waals surface area contributed by atoms with Gasteiger partial charge in [-0.15, -0.1) is 0 Å². The van der Waals surface area contributed by atoms with E-state index in [4.69, 9.17) is 5.73 Å². The molecule has 102 valence electrons. The third kappa shape index (κ3) is 4.94. The number of aromatic hydroxyl groups is 1. The average Bonchev–Trinajstić information content (AvgIpc) is 2.31. The van der Waals surface area contributed by atoms with Crippen LogP contribution in [0, 0.1) is 0 Å². The van der Waals surface area contributed by atoms with Crippen LogP contribution in [0.1, 0.15) is 18.9 Å². The van der Waals surface area contributed by atoms with Gasteiger partial charge in [-0.3, -0.25) is 4.90 Å². The average molecular weight is 251 g/mol. The summed E-state index contributed by atoms with van der Waals surface area (Å²) in [4.78, 5) is 4.60. The summed E-state index contributed by atoms with van der Waals surface area (Å²) in [6.07, 6.45) is 1.14.